The maximum atomic E-state index is 6.30. The molecule has 4 heteroatoms. The molecule has 0 heterocycles. The fourth-order valence-electron chi connectivity index (χ4n) is 3.39. The Labute approximate surface area is 190 Å². The number of allylic oxidation sites excluding steroid dienone is 1. The predicted molar refractivity (Wildman–Crippen MR) is 130 cm³/mol. The molecule has 0 atom stereocenters. The van der Waals surface area contributed by atoms with E-state index in [-0.39, 0.29) is 0 Å². The van der Waals surface area contributed by atoms with Gasteiger partial charge in [-0.1, -0.05) is 54.9 Å². The lowest BCUT2D eigenvalue weighted by Gasteiger charge is -2.18. The lowest BCUT2D eigenvalue weighted by molar-refractivity contribution is 0.267. The zero-order chi connectivity index (χ0) is 22.1. The normalized spacial score (nSPS) is 10.5. The van der Waals surface area contributed by atoms with Gasteiger partial charge in [0, 0.05) is 28.4 Å². The molecule has 0 radical (unpaired) electrons. The molecule has 0 aliphatic rings. The number of hydrogen-bond acceptors (Lipinski definition) is 3. The number of hydrogen-bond donors (Lipinski definition) is 1. The number of benzene rings is 3. The highest BCUT2D eigenvalue weighted by Gasteiger charge is 2.14. The van der Waals surface area contributed by atoms with Crippen LogP contribution in [0.25, 0.3) is 0 Å². The van der Waals surface area contributed by atoms with Crippen molar-refractivity contribution in [3.8, 4) is 11.5 Å². The van der Waals surface area contributed by atoms with Crippen molar-refractivity contribution in [2.24, 2.45) is 0 Å². The molecular formula is C27H30ClNO2. The summed E-state index contributed by atoms with van der Waals surface area (Å²) in [6.07, 6.45) is 3.61. The average molecular weight is 436 g/mol. The smallest absolute Gasteiger partial charge is 0.165 e. The minimum absolute atomic E-state index is 0.380. The van der Waals surface area contributed by atoms with E-state index in [1.54, 1.807) is 0 Å². The zero-order valence-corrected chi connectivity index (χ0v) is 19.0. The van der Waals surface area contributed by atoms with E-state index in [9.17, 15) is 0 Å². The quantitative estimate of drug-likeness (QED) is 0.322. The van der Waals surface area contributed by atoms with Crippen LogP contribution in [0.1, 0.15) is 36.1 Å². The standard InChI is InChI=1S/C27H30ClNO2/c1-4-9-22-16-21(18-29-24-14-12-20(5-2)13-15-24)17-26(30-6-3)27(22)31-19-23-10-7-8-11-25(23)28/h4,7-8,10-17,29H,1,5-6,9,18-19H2,2-3H3. The summed E-state index contributed by atoms with van der Waals surface area (Å²) in [6.45, 7) is 9.69. The fraction of sp³-hybridized carbons (Fsp3) is 0.259. The average Bonchev–Trinajstić information content (AvgIpc) is 2.79. The first-order valence-electron chi connectivity index (χ1n) is 10.7. The molecule has 0 aromatic heterocycles. The Hall–Kier alpha value is -2.91. The Morgan fingerprint density at radius 3 is 2.39 bits per heavy atom. The Morgan fingerprint density at radius 1 is 0.935 bits per heavy atom. The van der Waals surface area contributed by atoms with Crippen molar-refractivity contribution < 1.29 is 9.47 Å². The topological polar surface area (TPSA) is 30.5 Å². The van der Waals surface area contributed by atoms with Crippen molar-refractivity contribution in [1.82, 2.24) is 0 Å². The van der Waals surface area contributed by atoms with Crippen molar-refractivity contribution in [3.05, 3.63) is 101 Å². The number of ether oxygens (including phenoxy) is 2. The van der Waals surface area contributed by atoms with Crippen LogP contribution >= 0.6 is 11.6 Å². The van der Waals surface area contributed by atoms with E-state index in [0.29, 0.717) is 31.2 Å². The molecule has 0 aliphatic heterocycles. The Bertz CT molecular complexity index is 999. The lowest BCUT2D eigenvalue weighted by atomic mass is 10.0. The summed E-state index contributed by atoms with van der Waals surface area (Å²) in [6, 6.07) is 20.5. The monoisotopic (exact) mass is 435 g/mol. The van der Waals surface area contributed by atoms with E-state index in [1.165, 1.54) is 5.56 Å². The molecule has 3 aromatic rings. The van der Waals surface area contributed by atoms with Crippen molar-refractivity contribution in [3.63, 3.8) is 0 Å². The molecule has 1 N–H and O–H groups in total. The van der Waals surface area contributed by atoms with Crippen LogP contribution < -0.4 is 14.8 Å². The Kier molecular flexibility index (Phi) is 8.43. The van der Waals surface area contributed by atoms with Crippen LogP contribution in [0.3, 0.4) is 0 Å². The molecule has 31 heavy (non-hydrogen) atoms. The highest BCUT2D eigenvalue weighted by atomic mass is 35.5. The van der Waals surface area contributed by atoms with Crippen molar-refractivity contribution in [2.45, 2.75) is 39.8 Å². The first-order chi connectivity index (χ1) is 15.1. The van der Waals surface area contributed by atoms with Crippen LogP contribution in [-0.2, 0) is 26.0 Å². The van der Waals surface area contributed by atoms with Gasteiger partial charge in [-0.05, 0) is 61.2 Å². The van der Waals surface area contributed by atoms with Gasteiger partial charge in [-0.15, -0.1) is 6.58 Å². The third-order valence-electron chi connectivity index (χ3n) is 5.04. The summed E-state index contributed by atoms with van der Waals surface area (Å²) >= 11 is 6.30. The molecule has 0 saturated heterocycles. The number of anilines is 1. The molecule has 0 fully saturated rings. The van der Waals surface area contributed by atoms with Crippen LogP contribution in [0.15, 0.2) is 73.3 Å². The summed E-state index contributed by atoms with van der Waals surface area (Å²) < 4.78 is 12.2. The van der Waals surface area contributed by atoms with Gasteiger partial charge in [0.15, 0.2) is 11.5 Å². The number of nitrogens with one attached hydrogen (secondary N) is 1. The lowest BCUT2D eigenvalue weighted by Crippen LogP contribution is -2.06. The molecule has 3 nitrogen and oxygen atoms in total. The predicted octanol–water partition coefficient (Wildman–Crippen LogP) is 7.22. The Morgan fingerprint density at radius 2 is 1.71 bits per heavy atom. The van der Waals surface area contributed by atoms with Gasteiger partial charge in [0.1, 0.15) is 6.61 Å². The number of rotatable bonds is 11. The zero-order valence-electron chi connectivity index (χ0n) is 18.3. The van der Waals surface area contributed by atoms with Crippen LogP contribution in [0.2, 0.25) is 5.02 Å². The van der Waals surface area contributed by atoms with Gasteiger partial charge < -0.3 is 14.8 Å². The first-order valence-corrected chi connectivity index (χ1v) is 11.1. The SMILES string of the molecule is C=CCc1cc(CNc2ccc(CC)cc2)cc(OCC)c1OCc1ccccc1Cl. The number of aryl methyl sites for hydroxylation is 1. The second-order valence-electron chi connectivity index (χ2n) is 7.29. The van der Waals surface area contributed by atoms with Crippen LogP contribution in [0.5, 0.6) is 11.5 Å². The molecule has 0 saturated carbocycles. The van der Waals surface area contributed by atoms with Crippen LogP contribution in [0, 0.1) is 0 Å². The molecular weight excluding hydrogens is 406 g/mol. The van der Waals surface area contributed by atoms with Crippen molar-refractivity contribution in [2.75, 3.05) is 11.9 Å². The van der Waals surface area contributed by atoms with Crippen LogP contribution in [-0.4, -0.2) is 6.61 Å². The first kappa shape index (κ1) is 22.8. The maximum absolute atomic E-state index is 6.30. The molecule has 0 aliphatic carbocycles. The second-order valence-corrected chi connectivity index (χ2v) is 7.70. The molecule has 0 unspecified atom stereocenters. The van der Waals surface area contributed by atoms with Gasteiger partial charge in [0.05, 0.1) is 6.61 Å². The molecule has 162 valence electrons. The summed E-state index contributed by atoms with van der Waals surface area (Å²) in [5, 5.41) is 4.19. The van der Waals surface area contributed by atoms with Gasteiger partial charge >= 0.3 is 0 Å². The molecule has 3 rings (SSSR count). The van der Waals surface area contributed by atoms with Gasteiger partial charge in [-0.2, -0.15) is 0 Å². The Balaban J connectivity index is 1.82. The summed E-state index contributed by atoms with van der Waals surface area (Å²) in [7, 11) is 0. The van der Waals surface area contributed by atoms with Crippen molar-refractivity contribution >= 4 is 17.3 Å². The van der Waals surface area contributed by atoms with Crippen LogP contribution in [0.4, 0.5) is 5.69 Å². The highest BCUT2D eigenvalue weighted by molar-refractivity contribution is 6.31. The van der Waals surface area contributed by atoms with E-state index < -0.39 is 0 Å². The minimum atomic E-state index is 0.380. The van der Waals surface area contributed by atoms with E-state index >= 15 is 0 Å². The van der Waals surface area contributed by atoms with Gasteiger partial charge in [-0.25, -0.2) is 0 Å². The van der Waals surface area contributed by atoms with Gasteiger partial charge in [0.25, 0.3) is 0 Å². The summed E-state index contributed by atoms with van der Waals surface area (Å²) in [5.41, 5.74) is 5.55. The largest absolute Gasteiger partial charge is 0.490 e. The third-order valence-corrected chi connectivity index (χ3v) is 5.41. The molecule has 0 bridgehead atoms. The molecule has 0 amide bonds. The van der Waals surface area contributed by atoms with E-state index in [2.05, 4.69) is 49.2 Å². The van der Waals surface area contributed by atoms with Crippen molar-refractivity contribution in [1.29, 1.82) is 0 Å². The maximum Gasteiger partial charge on any atom is 0.165 e. The van der Waals surface area contributed by atoms with Gasteiger partial charge in [-0.3, -0.25) is 0 Å². The third kappa shape index (κ3) is 6.28. The van der Waals surface area contributed by atoms with E-state index in [0.717, 1.165) is 40.3 Å². The van der Waals surface area contributed by atoms with E-state index in [4.69, 9.17) is 21.1 Å². The van der Waals surface area contributed by atoms with Gasteiger partial charge in [0.2, 0.25) is 0 Å². The summed E-state index contributed by atoms with van der Waals surface area (Å²) in [4.78, 5) is 0. The summed E-state index contributed by atoms with van der Waals surface area (Å²) in [5.74, 6) is 1.49. The van der Waals surface area contributed by atoms with E-state index in [1.807, 2.05) is 43.3 Å². The fourth-order valence-corrected chi connectivity index (χ4v) is 3.58. The number of halogens is 1. The minimum Gasteiger partial charge on any atom is -0.490 e. The highest BCUT2D eigenvalue weighted by Crippen LogP contribution is 2.35. The molecule has 0 spiro atoms. The second kappa shape index (κ2) is 11.5. The molecule has 3 aromatic carbocycles.